The van der Waals surface area contributed by atoms with Crippen molar-refractivity contribution in [2.75, 3.05) is 7.11 Å². The second-order valence-electron chi connectivity index (χ2n) is 3.75. The van der Waals surface area contributed by atoms with Gasteiger partial charge >= 0.3 is 5.97 Å². The molecule has 0 amide bonds. The van der Waals surface area contributed by atoms with Crippen LogP contribution < -0.4 is 0 Å². The van der Waals surface area contributed by atoms with Crippen LogP contribution in [-0.4, -0.2) is 18.2 Å². The summed E-state index contributed by atoms with van der Waals surface area (Å²) in [6.45, 7) is 0. The molecule has 0 saturated heterocycles. The van der Waals surface area contributed by atoms with Gasteiger partial charge in [-0.1, -0.05) is 0 Å². The van der Waals surface area contributed by atoms with Crippen LogP contribution in [0.4, 0.5) is 0 Å². The molecule has 1 aliphatic carbocycles. The minimum atomic E-state index is -0.337. The molecule has 1 aliphatic rings. The molecular weight excluding hydrogens is 212 g/mol. The molecule has 3 nitrogen and oxygen atoms in total. The van der Waals surface area contributed by atoms with Gasteiger partial charge in [0.05, 0.1) is 19.6 Å². The molecule has 82 valence electrons. The first kappa shape index (κ1) is 10.6. The number of hydrogen-bond donors (Lipinski definition) is 1. The lowest BCUT2D eigenvalue weighted by Gasteiger charge is -2.16. The molecule has 0 fully saturated rings. The summed E-state index contributed by atoms with van der Waals surface area (Å²) in [6.07, 6.45) is 2.88. The first-order chi connectivity index (χ1) is 7.20. The monoisotopic (exact) mass is 226 g/mol. The van der Waals surface area contributed by atoms with Crippen molar-refractivity contribution in [2.24, 2.45) is 0 Å². The quantitative estimate of drug-likeness (QED) is 0.783. The van der Waals surface area contributed by atoms with E-state index in [4.69, 9.17) is 0 Å². The van der Waals surface area contributed by atoms with Crippen LogP contribution >= 0.6 is 11.3 Å². The lowest BCUT2D eigenvalue weighted by Crippen LogP contribution is -2.05. The largest absolute Gasteiger partial charge is 0.469 e. The van der Waals surface area contributed by atoms with Crippen LogP contribution in [0.5, 0.6) is 0 Å². The van der Waals surface area contributed by atoms with Crippen molar-refractivity contribution in [2.45, 2.75) is 31.8 Å². The van der Waals surface area contributed by atoms with Crippen molar-refractivity contribution >= 4 is 17.3 Å². The van der Waals surface area contributed by atoms with E-state index in [2.05, 4.69) is 4.74 Å². The van der Waals surface area contributed by atoms with E-state index in [1.807, 2.05) is 6.07 Å². The predicted octanol–water partition coefficient (Wildman–Crippen LogP) is 1.83. The molecule has 4 heteroatoms. The van der Waals surface area contributed by atoms with Crippen molar-refractivity contribution in [1.82, 2.24) is 0 Å². The highest BCUT2D eigenvalue weighted by Crippen LogP contribution is 2.35. The van der Waals surface area contributed by atoms with Gasteiger partial charge in [0.15, 0.2) is 0 Å². The van der Waals surface area contributed by atoms with E-state index < -0.39 is 0 Å². The number of methoxy groups -OCH3 is 1. The number of aryl methyl sites for hydroxylation is 1. The molecular formula is C11H14O3S. The minimum Gasteiger partial charge on any atom is -0.469 e. The normalized spacial score (nSPS) is 19.7. The lowest BCUT2D eigenvalue weighted by molar-refractivity contribution is -0.139. The number of rotatable bonds is 2. The fourth-order valence-corrected chi connectivity index (χ4v) is 3.14. The maximum absolute atomic E-state index is 11.1. The Morgan fingerprint density at radius 2 is 2.53 bits per heavy atom. The molecule has 1 unspecified atom stereocenters. The summed E-state index contributed by atoms with van der Waals surface area (Å²) in [6, 6.07) is 1.95. The minimum absolute atomic E-state index is 0.219. The van der Waals surface area contributed by atoms with Crippen LogP contribution in [0.3, 0.4) is 0 Å². The molecule has 1 aromatic rings. The van der Waals surface area contributed by atoms with Gasteiger partial charge in [-0.25, -0.2) is 0 Å². The second-order valence-corrected chi connectivity index (χ2v) is 4.97. The van der Waals surface area contributed by atoms with Gasteiger partial charge in [0.25, 0.3) is 0 Å². The highest BCUT2D eigenvalue weighted by molar-refractivity contribution is 7.12. The number of carbonyl (C=O) groups is 1. The Hall–Kier alpha value is -0.870. The Labute approximate surface area is 92.7 Å². The summed E-state index contributed by atoms with van der Waals surface area (Å²) < 4.78 is 4.62. The molecule has 0 saturated carbocycles. The third kappa shape index (κ3) is 2.21. The van der Waals surface area contributed by atoms with Crippen molar-refractivity contribution in [3.63, 3.8) is 0 Å². The molecule has 1 heterocycles. The van der Waals surface area contributed by atoms with Crippen molar-refractivity contribution in [3.05, 3.63) is 21.4 Å². The standard InChI is InChI=1S/C11H14O3S/c1-14-11(13)6-7-5-8-9(12)3-2-4-10(8)15-7/h5,9,12H,2-4,6H2,1H3. The van der Waals surface area contributed by atoms with Crippen molar-refractivity contribution in [3.8, 4) is 0 Å². The lowest BCUT2D eigenvalue weighted by atomic mass is 9.96. The van der Waals surface area contributed by atoms with E-state index in [1.165, 1.54) is 12.0 Å². The SMILES string of the molecule is COC(=O)Cc1cc2c(s1)CCCC2O. The van der Waals surface area contributed by atoms with E-state index >= 15 is 0 Å². The Morgan fingerprint density at radius 1 is 1.73 bits per heavy atom. The van der Waals surface area contributed by atoms with Gasteiger partial charge in [-0.15, -0.1) is 11.3 Å². The van der Waals surface area contributed by atoms with Crippen molar-refractivity contribution < 1.29 is 14.6 Å². The van der Waals surface area contributed by atoms with E-state index in [1.54, 1.807) is 11.3 Å². The van der Waals surface area contributed by atoms with Gasteiger partial charge < -0.3 is 9.84 Å². The third-order valence-corrected chi connectivity index (χ3v) is 3.89. The van der Waals surface area contributed by atoms with Crippen LogP contribution in [0.15, 0.2) is 6.07 Å². The smallest absolute Gasteiger partial charge is 0.310 e. The second kappa shape index (κ2) is 4.33. The zero-order valence-electron chi connectivity index (χ0n) is 8.66. The fourth-order valence-electron chi connectivity index (χ4n) is 1.89. The molecule has 0 radical (unpaired) electrons. The molecule has 0 aliphatic heterocycles. The van der Waals surface area contributed by atoms with E-state index in [0.717, 1.165) is 29.7 Å². The van der Waals surface area contributed by atoms with Crippen LogP contribution in [0, 0.1) is 0 Å². The summed E-state index contributed by atoms with van der Waals surface area (Å²) in [5, 5.41) is 9.76. The molecule has 1 N–H and O–H groups in total. The molecule has 15 heavy (non-hydrogen) atoms. The number of hydrogen-bond acceptors (Lipinski definition) is 4. The first-order valence-corrected chi connectivity index (χ1v) is 5.88. The Balaban J connectivity index is 2.18. The van der Waals surface area contributed by atoms with E-state index in [0.29, 0.717) is 6.42 Å². The molecule has 2 rings (SSSR count). The zero-order chi connectivity index (χ0) is 10.8. The Morgan fingerprint density at radius 3 is 3.20 bits per heavy atom. The third-order valence-electron chi connectivity index (χ3n) is 2.68. The number of carbonyl (C=O) groups excluding carboxylic acids is 1. The number of esters is 1. The van der Waals surface area contributed by atoms with Crippen LogP contribution in [0.2, 0.25) is 0 Å². The number of aliphatic hydroxyl groups excluding tert-OH is 1. The molecule has 0 spiro atoms. The van der Waals surface area contributed by atoms with Crippen LogP contribution in [-0.2, 0) is 22.4 Å². The Bertz CT molecular complexity index is 370. The highest BCUT2D eigenvalue weighted by atomic mass is 32.1. The summed E-state index contributed by atoms with van der Waals surface area (Å²) in [5.41, 5.74) is 1.02. The summed E-state index contributed by atoms with van der Waals surface area (Å²) in [4.78, 5) is 13.3. The van der Waals surface area contributed by atoms with Crippen molar-refractivity contribution in [1.29, 1.82) is 0 Å². The first-order valence-electron chi connectivity index (χ1n) is 5.07. The number of aliphatic hydroxyl groups is 1. The van der Waals surface area contributed by atoms with E-state index in [9.17, 15) is 9.90 Å². The zero-order valence-corrected chi connectivity index (χ0v) is 9.47. The van der Waals surface area contributed by atoms with Gasteiger partial charge in [0.2, 0.25) is 0 Å². The molecule has 0 aromatic carbocycles. The molecule has 1 aromatic heterocycles. The average molecular weight is 226 g/mol. The predicted molar refractivity (Wildman–Crippen MR) is 57.9 cm³/mol. The van der Waals surface area contributed by atoms with Crippen LogP contribution in [0.25, 0.3) is 0 Å². The maximum Gasteiger partial charge on any atom is 0.310 e. The average Bonchev–Trinajstić information content (AvgIpc) is 2.62. The van der Waals surface area contributed by atoms with E-state index in [-0.39, 0.29) is 12.1 Å². The maximum atomic E-state index is 11.1. The number of fused-ring (bicyclic) bond motifs is 1. The fraction of sp³-hybridized carbons (Fsp3) is 0.545. The summed E-state index contributed by atoms with van der Waals surface area (Å²) in [7, 11) is 1.39. The van der Waals surface area contributed by atoms with Gasteiger partial charge in [0, 0.05) is 9.75 Å². The van der Waals surface area contributed by atoms with Gasteiger partial charge in [-0.3, -0.25) is 4.79 Å². The van der Waals surface area contributed by atoms with Gasteiger partial charge in [-0.05, 0) is 30.9 Å². The van der Waals surface area contributed by atoms with Gasteiger partial charge in [0.1, 0.15) is 0 Å². The summed E-state index contributed by atoms with van der Waals surface area (Å²) >= 11 is 1.62. The number of thiophene rings is 1. The Kier molecular flexibility index (Phi) is 3.07. The van der Waals surface area contributed by atoms with Gasteiger partial charge in [-0.2, -0.15) is 0 Å². The van der Waals surface area contributed by atoms with Crippen LogP contribution in [0.1, 0.15) is 34.3 Å². The number of ether oxygens (including phenoxy) is 1. The molecule has 0 bridgehead atoms. The summed E-state index contributed by atoms with van der Waals surface area (Å²) in [5.74, 6) is -0.219. The highest BCUT2D eigenvalue weighted by Gasteiger charge is 2.21. The molecule has 1 atom stereocenters. The topological polar surface area (TPSA) is 46.5 Å².